The summed E-state index contributed by atoms with van der Waals surface area (Å²) < 4.78 is 0. The van der Waals surface area contributed by atoms with Crippen molar-refractivity contribution in [3.63, 3.8) is 0 Å². The standard InChI is InChI=1S/C14H19N3O2/c1-16(2)14(18)19-15-10-11-6-7-13-12(9-11)5-4-8-17(13)3/h6-7,9-10H,4-5,8H2,1-3H3. The Bertz CT molecular complexity index is 497. The molecule has 1 aromatic rings. The molecule has 0 radical (unpaired) electrons. The van der Waals surface area contributed by atoms with E-state index in [2.05, 4.69) is 29.2 Å². The number of hydrogen-bond acceptors (Lipinski definition) is 4. The topological polar surface area (TPSA) is 45.1 Å². The van der Waals surface area contributed by atoms with E-state index in [9.17, 15) is 4.79 Å². The first kappa shape index (κ1) is 13.4. The van der Waals surface area contributed by atoms with Crippen LogP contribution in [0.1, 0.15) is 17.5 Å². The Morgan fingerprint density at radius 2 is 2.26 bits per heavy atom. The van der Waals surface area contributed by atoms with Crippen molar-refractivity contribution in [2.75, 3.05) is 32.6 Å². The molecule has 1 heterocycles. The van der Waals surface area contributed by atoms with E-state index in [1.165, 1.54) is 22.6 Å². The summed E-state index contributed by atoms with van der Waals surface area (Å²) in [5, 5.41) is 3.70. The van der Waals surface area contributed by atoms with Crippen LogP contribution in [0.5, 0.6) is 0 Å². The van der Waals surface area contributed by atoms with Crippen molar-refractivity contribution in [1.29, 1.82) is 0 Å². The minimum Gasteiger partial charge on any atom is -0.374 e. The molecule has 102 valence electrons. The number of nitrogens with zero attached hydrogens (tertiary/aromatic N) is 3. The highest BCUT2D eigenvalue weighted by molar-refractivity contribution is 5.81. The Morgan fingerprint density at radius 1 is 1.47 bits per heavy atom. The quantitative estimate of drug-likeness (QED) is 0.465. The minimum absolute atomic E-state index is 0.478. The molecule has 1 aliphatic rings. The molecule has 0 atom stereocenters. The van der Waals surface area contributed by atoms with Crippen LogP contribution >= 0.6 is 0 Å². The minimum atomic E-state index is -0.478. The number of oxime groups is 1. The highest BCUT2D eigenvalue weighted by Crippen LogP contribution is 2.26. The number of anilines is 1. The maximum Gasteiger partial charge on any atom is 0.435 e. The molecule has 1 aliphatic heterocycles. The van der Waals surface area contributed by atoms with Crippen LogP contribution in [-0.2, 0) is 11.3 Å². The number of rotatable bonds is 2. The molecule has 0 aliphatic carbocycles. The zero-order valence-corrected chi connectivity index (χ0v) is 11.6. The van der Waals surface area contributed by atoms with Gasteiger partial charge < -0.3 is 9.80 Å². The molecular formula is C14H19N3O2. The van der Waals surface area contributed by atoms with Crippen LogP contribution in [0.15, 0.2) is 23.4 Å². The van der Waals surface area contributed by atoms with Crippen LogP contribution in [0.4, 0.5) is 10.5 Å². The van der Waals surface area contributed by atoms with E-state index in [0.29, 0.717) is 0 Å². The van der Waals surface area contributed by atoms with E-state index in [1.54, 1.807) is 20.3 Å². The summed E-state index contributed by atoms with van der Waals surface area (Å²) in [5.41, 5.74) is 3.53. The normalized spacial score (nSPS) is 14.4. The van der Waals surface area contributed by atoms with E-state index in [-0.39, 0.29) is 0 Å². The second-order valence-electron chi connectivity index (χ2n) is 4.90. The molecule has 0 spiro atoms. The van der Waals surface area contributed by atoms with E-state index in [0.717, 1.165) is 18.5 Å². The van der Waals surface area contributed by atoms with Crippen LogP contribution < -0.4 is 4.90 Å². The van der Waals surface area contributed by atoms with Crippen LogP contribution in [0.25, 0.3) is 0 Å². The smallest absolute Gasteiger partial charge is 0.374 e. The molecule has 0 fully saturated rings. The lowest BCUT2D eigenvalue weighted by Gasteiger charge is -2.27. The van der Waals surface area contributed by atoms with Crippen molar-refractivity contribution in [3.8, 4) is 0 Å². The maximum atomic E-state index is 11.2. The van der Waals surface area contributed by atoms with Crippen molar-refractivity contribution in [2.45, 2.75) is 12.8 Å². The van der Waals surface area contributed by atoms with Crippen LogP contribution in [0.2, 0.25) is 0 Å². The highest BCUT2D eigenvalue weighted by Gasteiger charge is 2.13. The van der Waals surface area contributed by atoms with Crippen LogP contribution in [-0.4, -0.2) is 44.9 Å². The van der Waals surface area contributed by atoms with E-state index in [4.69, 9.17) is 4.84 Å². The van der Waals surface area contributed by atoms with Crippen LogP contribution in [0, 0.1) is 0 Å². The zero-order chi connectivity index (χ0) is 13.8. The number of fused-ring (bicyclic) bond motifs is 1. The highest BCUT2D eigenvalue weighted by atomic mass is 16.7. The van der Waals surface area contributed by atoms with Crippen molar-refractivity contribution >= 4 is 18.0 Å². The molecule has 0 unspecified atom stereocenters. The molecule has 1 aromatic carbocycles. The fraction of sp³-hybridized carbons (Fsp3) is 0.429. The summed E-state index contributed by atoms with van der Waals surface area (Å²) in [4.78, 5) is 19.5. The molecule has 2 rings (SSSR count). The molecule has 1 amide bonds. The third-order valence-corrected chi connectivity index (χ3v) is 3.15. The molecule has 0 aromatic heterocycles. The van der Waals surface area contributed by atoms with Gasteiger partial charge in [-0.3, -0.25) is 4.84 Å². The average Bonchev–Trinajstić information content (AvgIpc) is 2.38. The van der Waals surface area contributed by atoms with E-state index < -0.39 is 6.09 Å². The second kappa shape index (κ2) is 5.73. The predicted molar refractivity (Wildman–Crippen MR) is 75.8 cm³/mol. The SMILES string of the molecule is CN(C)C(=O)ON=Cc1ccc2c(c1)CCCN2C. The molecule has 5 nitrogen and oxygen atoms in total. The van der Waals surface area contributed by atoms with Crippen molar-refractivity contribution in [2.24, 2.45) is 5.16 Å². The fourth-order valence-electron chi connectivity index (χ4n) is 2.10. The Morgan fingerprint density at radius 3 is 3.00 bits per heavy atom. The number of hydrogen-bond donors (Lipinski definition) is 0. The van der Waals surface area contributed by atoms with Gasteiger partial charge in [0.2, 0.25) is 0 Å². The van der Waals surface area contributed by atoms with Gasteiger partial charge in [-0.1, -0.05) is 11.2 Å². The van der Waals surface area contributed by atoms with Crippen molar-refractivity contribution in [3.05, 3.63) is 29.3 Å². The largest absolute Gasteiger partial charge is 0.435 e. The third-order valence-electron chi connectivity index (χ3n) is 3.15. The van der Waals surface area contributed by atoms with Gasteiger partial charge in [0.15, 0.2) is 0 Å². The summed E-state index contributed by atoms with van der Waals surface area (Å²) in [5.74, 6) is 0. The Kier molecular flexibility index (Phi) is 4.04. The molecule has 5 heteroatoms. The lowest BCUT2D eigenvalue weighted by molar-refractivity contribution is 0.123. The number of aryl methyl sites for hydroxylation is 1. The van der Waals surface area contributed by atoms with Gasteiger partial charge in [-0.15, -0.1) is 0 Å². The monoisotopic (exact) mass is 261 g/mol. The molecule has 0 bridgehead atoms. The molecule has 19 heavy (non-hydrogen) atoms. The Labute approximate surface area is 113 Å². The summed E-state index contributed by atoms with van der Waals surface area (Å²) in [6.45, 7) is 1.10. The van der Waals surface area contributed by atoms with Gasteiger partial charge in [0.05, 0.1) is 6.21 Å². The third kappa shape index (κ3) is 3.24. The Balaban J connectivity index is 2.06. The number of amides is 1. The van der Waals surface area contributed by atoms with E-state index in [1.807, 2.05) is 6.07 Å². The molecular weight excluding hydrogens is 242 g/mol. The molecule has 0 saturated carbocycles. The van der Waals surface area contributed by atoms with Crippen LogP contribution in [0.3, 0.4) is 0 Å². The number of carbonyl (C=O) groups excluding carboxylic acids is 1. The Hall–Kier alpha value is -2.04. The fourth-order valence-corrected chi connectivity index (χ4v) is 2.10. The first-order chi connectivity index (χ1) is 9.08. The van der Waals surface area contributed by atoms with Gasteiger partial charge >= 0.3 is 6.09 Å². The maximum absolute atomic E-state index is 11.2. The van der Waals surface area contributed by atoms with E-state index >= 15 is 0 Å². The second-order valence-corrected chi connectivity index (χ2v) is 4.90. The average molecular weight is 261 g/mol. The summed E-state index contributed by atoms with van der Waals surface area (Å²) in [7, 11) is 5.34. The summed E-state index contributed by atoms with van der Waals surface area (Å²) in [6, 6.07) is 6.16. The van der Waals surface area contributed by atoms with Gasteiger partial charge in [0.1, 0.15) is 0 Å². The lowest BCUT2D eigenvalue weighted by atomic mass is 10.00. The van der Waals surface area contributed by atoms with Crippen molar-refractivity contribution < 1.29 is 9.63 Å². The predicted octanol–water partition coefficient (Wildman–Crippen LogP) is 2.10. The van der Waals surface area contributed by atoms with Gasteiger partial charge in [-0.05, 0) is 36.1 Å². The summed E-state index contributed by atoms with van der Waals surface area (Å²) >= 11 is 0. The van der Waals surface area contributed by atoms with Crippen molar-refractivity contribution in [1.82, 2.24) is 4.90 Å². The number of benzene rings is 1. The molecule has 0 N–H and O–H groups in total. The summed E-state index contributed by atoms with van der Waals surface area (Å²) in [6.07, 6.45) is 3.34. The van der Waals surface area contributed by atoms with Gasteiger partial charge in [0.25, 0.3) is 0 Å². The van der Waals surface area contributed by atoms with Gasteiger partial charge in [-0.25, -0.2) is 4.79 Å². The number of carbonyl (C=O) groups is 1. The zero-order valence-electron chi connectivity index (χ0n) is 11.6. The lowest BCUT2D eigenvalue weighted by Crippen LogP contribution is -2.24. The van der Waals surface area contributed by atoms with Gasteiger partial charge in [0, 0.05) is 33.4 Å². The molecule has 0 saturated heterocycles. The first-order valence-corrected chi connectivity index (χ1v) is 6.33. The first-order valence-electron chi connectivity index (χ1n) is 6.33. The van der Waals surface area contributed by atoms with Gasteiger partial charge in [-0.2, -0.15) is 0 Å².